The van der Waals surface area contributed by atoms with E-state index >= 15 is 0 Å². The van der Waals surface area contributed by atoms with Gasteiger partial charge in [-0.1, -0.05) is 31.3 Å². The van der Waals surface area contributed by atoms with Gasteiger partial charge in [0.25, 0.3) is 10.0 Å². The van der Waals surface area contributed by atoms with Gasteiger partial charge in [0.2, 0.25) is 15.4 Å². The van der Waals surface area contributed by atoms with Crippen LogP contribution in [0.1, 0.15) is 25.0 Å². The van der Waals surface area contributed by atoms with Gasteiger partial charge in [0.1, 0.15) is 12.4 Å². The fraction of sp³-hybridized carbons (Fsp3) is 0.438. The highest BCUT2D eigenvalue weighted by Gasteiger charge is 2.21. The Morgan fingerprint density at radius 3 is 2.62 bits per heavy atom. The molecule has 142 valence electrons. The van der Waals surface area contributed by atoms with Crippen molar-refractivity contribution in [3.8, 4) is 5.75 Å². The van der Waals surface area contributed by atoms with Crippen molar-refractivity contribution in [2.75, 3.05) is 18.5 Å². The van der Waals surface area contributed by atoms with Crippen molar-refractivity contribution >= 4 is 32.4 Å². The van der Waals surface area contributed by atoms with Crippen LogP contribution in [0.3, 0.4) is 0 Å². The summed E-state index contributed by atoms with van der Waals surface area (Å²) in [6.07, 6.45) is 0. The van der Waals surface area contributed by atoms with E-state index in [1.54, 1.807) is 13.8 Å². The van der Waals surface area contributed by atoms with Crippen molar-refractivity contribution < 1.29 is 17.9 Å². The molecular weight excluding hydrogens is 376 g/mol. The quantitative estimate of drug-likeness (QED) is 0.520. The molecule has 1 aromatic heterocycles. The third-order valence-electron chi connectivity index (χ3n) is 3.53. The molecule has 0 aliphatic heterocycles. The van der Waals surface area contributed by atoms with Gasteiger partial charge in [-0.25, -0.2) is 13.1 Å². The Morgan fingerprint density at radius 2 is 1.96 bits per heavy atom. The molecule has 1 amide bonds. The largest absolute Gasteiger partial charge is 0.492 e. The summed E-state index contributed by atoms with van der Waals surface area (Å²) in [4.78, 5) is 11.6. The van der Waals surface area contributed by atoms with E-state index in [1.165, 1.54) is 0 Å². The van der Waals surface area contributed by atoms with E-state index in [1.807, 2.05) is 32.0 Å². The molecule has 10 heteroatoms. The summed E-state index contributed by atoms with van der Waals surface area (Å²) >= 11 is 0.798. The van der Waals surface area contributed by atoms with Crippen LogP contribution in [0.4, 0.5) is 5.13 Å². The number of benzene rings is 1. The third kappa shape index (κ3) is 5.48. The number of hydrogen-bond donors (Lipinski definition) is 2. The fourth-order valence-electron chi connectivity index (χ4n) is 1.83. The van der Waals surface area contributed by atoms with Crippen LogP contribution in [0, 0.1) is 19.8 Å². The number of carbonyl (C=O) groups is 1. The van der Waals surface area contributed by atoms with Crippen LogP contribution < -0.4 is 14.8 Å². The monoisotopic (exact) mass is 398 g/mol. The number of aromatic nitrogens is 2. The van der Waals surface area contributed by atoms with Crippen LogP contribution in [0.15, 0.2) is 22.5 Å². The normalized spacial score (nSPS) is 11.6. The number of sulfonamides is 1. The molecule has 0 atom stereocenters. The van der Waals surface area contributed by atoms with Gasteiger partial charge in [-0.3, -0.25) is 4.79 Å². The van der Waals surface area contributed by atoms with E-state index in [0.717, 1.165) is 22.5 Å². The molecule has 2 aromatic rings. The van der Waals surface area contributed by atoms with Crippen LogP contribution in [0.5, 0.6) is 5.75 Å². The Bertz CT molecular complexity index is 878. The highest BCUT2D eigenvalue weighted by atomic mass is 32.2. The predicted octanol–water partition coefficient (Wildman–Crippen LogP) is 2.11. The number of amides is 1. The number of aryl methyl sites for hydroxylation is 2. The van der Waals surface area contributed by atoms with E-state index in [9.17, 15) is 13.2 Å². The second-order valence-corrected chi connectivity index (χ2v) is 8.93. The number of anilines is 1. The lowest BCUT2D eigenvalue weighted by Crippen LogP contribution is -2.28. The van der Waals surface area contributed by atoms with E-state index in [4.69, 9.17) is 4.74 Å². The minimum absolute atomic E-state index is 0.0858. The Kier molecular flexibility index (Phi) is 6.68. The molecule has 0 radical (unpaired) electrons. The molecule has 1 heterocycles. The summed E-state index contributed by atoms with van der Waals surface area (Å²) < 4.78 is 32.1. The summed E-state index contributed by atoms with van der Waals surface area (Å²) in [6, 6.07) is 5.69. The van der Waals surface area contributed by atoms with Crippen molar-refractivity contribution in [1.82, 2.24) is 14.9 Å². The Labute approximate surface area is 157 Å². The number of nitrogens with zero attached hydrogens (tertiary/aromatic N) is 2. The van der Waals surface area contributed by atoms with Crippen LogP contribution >= 0.6 is 11.3 Å². The highest BCUT2D eigenvalue weighted by molar-refractivity contribution is 7.91. The smallest absolute Gasteiger partial charge is 0.269 e. The van der Waals surface area contributed by atoms with Gasteiger partial charge in [0.15, 0.2) is 0 Å². The van der Waals surface area contributed by atoms with Gasteiger partial charge in [0, 0.05) is 12.5 Å². The average molecular weight is 399 g/mol. The number of nitrogens with one attached hydrogen (secondary N) is 2. The first-order valence-electron chi connectivity index (χ1n) is 8.03. The lowest BCUT2D eigenvalue weighted by atomic mass is 10.1. The zero-order valence-corrected chi connectivity index (χ0v) is 16.7. The maximum atomic E-state index is 12.2. The summed E-state index contributed by atoms with van der Waals surface area (Å²) in [5.74, 6) is 0.196. The van der Waals surface area contributed by atoms with Gasteiger partial charge < -0.3 is 10.1 Å². The molecule has 2 N–H and O–H groups in total. The maximum Gasteiger partial charge on any atom is 0.269 e. The van der Waals surface area contributed by atoms with Crippen LogP contribution in [-0.2, 0) is 14.8 Å². The van der Waals surface area contributed by atoms with E-state index in [2.05, 4.69) is 20.2 Å². The zero-order chi connectivity index (χ0) is 19.3. The van der Waals surface area contributed by atoms with Crippen LogP contribution in [0.2, 0.25) is 0 Å². The number of carbonyl (C=O) groups excluding carboxylic acids is 1. The van der Waals surface area contributed by atoms with Gasteiger partial charge in [-0.05, 0) is 37.1 Å². The Morgan fingerprint density at radius 1 is 1.23 bits per heavy atom. The van der Waals surface area contributed by atoms with Crippen LogP contribution in [-0.4, -0.2) is 37.7 Å². The molecule has 0 saturated heterocycles. The Balaban J connectivity index is 1.87. The number of rotatable bonds is 8. The molecular formula is C16H22N4O4S2. The third-order valence-corrected chi connectivity index (χ3v) is 6.20. The van der Waals surface area contributed by atoms with E-state index in [-0.39, 0.29) is 34.4 Å². The van der Waals surface area contributed by atoms with Gasteiger partial charge in [-0.15, -0.1) is 10.2 Å². The van der Waals surface area contributed by atoms with Crippen molar-refractivity contribution in [3.05, 3.63) is 29.3 Å². The second-order valence-electron chi connectivity index (χ2n) is 6.01. The lowest BCUT2D eigenvalue weighted by Gasteiger charge is -2.08. The molecule has 0 bridgehead atoms. The first-order valence-corrected chi connectivity index (χ1v) is 10.3. The first kappa shape index (κ1) is 20.3. The second kappa shape index (κ2) is 8.56. The highest BCUT2D eigenvalue weighted by Crippen LogP contribution is 2.20. The van der Waals surface area contributed by atoms with E-state index < -0.39 is 10.0 Å². The molecule has 0 aliphatic rings. The summed E-state index contributed by atoms with van der Waals surface area (Å²) in [6.45, 7) is 7.71. The van der Waals surface area contributed by atoms with E-state index in [0.29, 0.717) is 5.75 Å². The maximum absolute atomic E-state index is 12.2. The molecule has 0 aliphatic carbocycles. The van der Waals surface area contributed by atoms with Crippen molar-refractivity contribution in [3.63, 3.8) is 0 Å². The topological polar surface area (TPSA) is 110 Å². The number of hydrogen-bond acceptors (Lipinski definition) is 7. The standard InChI is InChI=1S/C16H22N4O4S2/c1-10(2)14(21)18-15-19-20-16(25-15)26(22,23)17-7-8-24-13-6-5-11(3)12(4)9-13/h5-6,9-10,17H,7-8H2,1-4H3,(H,18,19,21). The van der Waals surface area contributed by atoms with Crippen molar-refractivity contribution in [2.24, 2.45) is 5.92 Å². The first-order chi connectivity index (χ1) is 12.2. The predicted molar refractivity (Wildman–Crippen MR) is 100.0 cm³/mol. The van der Waals surface area contributed by atoms with Crippen LogP contribution in [0.25, 0.3) is 0 Å². The molecule has 2 rings (SSSR count). The molecule has 0 fully saturated rings. The molecule has 8 nitrogen and oxygen atoms in total. The molecule has 0 saturated carbocycles. The summed E-state index contributed by atoms with van der Waals surface area (Å²) in [7, 11) is -3.80. The minimum Gasteiger partial charge on any atom is -0.492 e. The fourth-order valence-corrected chi connectivity index (χ4v) is 3.79. The van der Waals surface area contributed by atoms with Gasteiger partial charge in [-0.2, -0.15) is 0 Å². The average Bonchev–Trinajstić information content (AvgIpc) is 3.04. The summed E-state index contributed by atoms with van der Waals surface area (Å²) in [5.41, 5.74) is 2.27. The van der Waals surface area contributed by atoms with Crippen molar-refractivity contribution in [1.29, 1.82) is 0 Å². The molecule has 0 unspecified atom stereocenters. The Hall–Kier alpha value is -2.04. The van der Waals surface area contributed by atoms with Crippen molar-refractivity contribution in [2.45, 2.75) is 32.0 Å². The molecule has 0 spiro atoms. The lowest BCUT2D eigenvalue weighted by molar-refractivity contribution is -0.118. The minimum atomic E-state index is -3.80. The number of ether oxygens (including phenoxy) is 1. The SMILES string of the molecule is Cc1ccc(OCCNS(=O)(=O)c2nnc(NC(=O)C(C)C)s2)cc1C. The zero-order valence-electron chi connectivity index (χ0n) is 15.1. The van der Waals surface area contributed by atoms with Gasteiger partial charge >= 0.3 is 0 Å². The molecule has 1 aromatic carbocycles. The molecule has 26 heavy (non-hydrogen) atoms. The summed E-state index contributed by atoms with van der Waals surface area (Å²) in [5, 5.41) is 9.98. The van der Waals surface area contributed by atoms with Gasteiger partial charge in [0.05, 0.1) is 0 Å².